The van der Waals surface area contributed by atoms with Crippen molar-refractivity contribution in [2.45, 2.75) is 26.8 Å². The lowest BCUT2D eigenvalue weighted by molar-refractivity contribution is -0.140. The molecule has 0 spiro atoms. The van der Waals surface area contributed by atoms with E-state index in [1.165, 1.54) is 12.0 Å². The highest BCUT2D eigenvalue weighted by atomic mass is 35.5. The highest BCUT2D eigenvalue weighted by molar-refractivity contribution is 6.46. The molecule has 3 rings (SSSR count). The molecule has 2 aromatic rings. The second kappa shape index (κ2) is 10.2. The minimum absolute atomic E-state index is 0.0485. The number of hydrogen-bond donors (Lipinski definition) is 1. The second-order valence-corrected chi connectivity index (χ2v) is 8.65. The van der Waals surface area contributed by atoms with Crippen molar-refractivity contribution in [1.82, 2.24) is 4.90 Å². The number of aliphatic hydroxyl groups is 1. The van der Waals surface area contributed by atoms with Crippen LogP contribution in [0.5, 0.6) is 5.75 Å². The summed E-state index contributed by atoms with van der Waals surface area (Å²) in [6.07, 6.45) is 0. The van der Waals surface area contributed by atoms with Gasteiger partial charge < -0.3 is 19.5 Å². The topological polar surface area (TPSA) is 76.1 Å². The van der Waals surface area contributed by atoms with Crippen LogP contribution >= 0.6 is 11.6 Å². The van der Waals surface area contributed by atoms with Crippen LogP contribution in [0.15, 0.2) is 48.0 Å². The van der Waals surface area contributed by atoms with E-state index in [4.69, 9.17) is 21.1 Å². The molecule has 1 unspecified atom stereocenters. The van der Waals surface area contributed by atoms with Gasteiger partial charge in [0.1, 0.15) is 11.5 Å². The SMILES string of the molecule is COCCN1C(=O)C(=O)C(=C(O)c2ccc(OCC(C)C)cc2C)C1c1ccc(Cl)cc1. The minimum atomic E-state index is -0.737. The number of amides is 1. The number of ether oxygens (including phenoxy) is 2. The van der Waals surface area contributed by atoms with Crippen LogP contribution < -0.4 is 4.74 Å². The van der Waals surface area contributed by atoms with Gasteiger partial charge >= 0.3 is 0 Å². The molecule has 1 aliphatic rings. The number of methoxy groups -OCH3 is 1. The molecule has 7 heteroatoms. The highest BCUT2D eigenvalue weighted by Gasteiger charge is 2.46. The van der Waals surface area contributed by atoms with E-state index in [1.807, 2.05) is 13.0 Å². The molecule has 0 aromatic heterocycles. The second-order valence-electron chi connectivity index (χ2n) is 8.22. The van der Waals surface area contributed by atoms with Gasteiger partial charge in [0.2, 0.25) is 0 Å². The predicted octanol–water partition coefficient (Wildman–Crippen LogP) is 4.75. The number of halogens is 1. The molecule has 170 valence electrons. The number of carbonyl (C=O) groups excluding carboxylic acids is 2. The molecule has 0 bridgehead atoms. The van der Waals surface area contributed by atoms with Crippen LogP contribution in [-0.4, -0.2) is 48.6 Å². The lowest BCUT2D eigenvalue weighted by atomic mass is 9.94. The van der Waals surface area contributed by atoms with E-state index in [1.54, 1.807) is 36.4 Å². The Labute approximate surface area is 193 Å². The van der Waals surface area contributed by atoms with E-state index in [-0.39, 0.29) is 24.5 Å². The summed E-state index contributed by atoms with van der Waals surface area (Å²) in [5, 5.41) is 11.7. The third kappa shape index (κ3) is 4.97. The fraction of sp³-hybridized carbons (Fsp3) is 0.360. The first-order valence-corrected chi connectivity index (χ1v) is 10.9. The van der Waals surface area contributed by atoms with Gasteiger partial charge in [-0.2, -0.15) is 0 Å². The van der Waals surface area contributed by atoms with Gasteiger partial charge in [0.15, 0.2) is 0 Å². The van der Waals surface area contributed by atoms with Crippen molar-refractivity contribution < 1.29 is 24.2 Å². The van der Waals surface area contributed by atoms with Gasteiger partial charge in [-0.3, -0.25) is 9.59 Å². The summed E-state index contributed by atoms with van der Waals surface area (Å²) in [6.45, 7) is 7.00. The fourth-order valence-corrected chi connectivity index (χ4v) is 3.82. The molecule has 1 amide bonds. The zero-order valence-corrected chi connectivity index (χ0v) is 19.5. The molecule has 0 saturated carbocycles. The Morgan fingerprint density at radius 3 is 2.44 bits per heavy atom. The van der Waals surface area contributed by atoms with E-state index in [0.29, 0.717) is 34.4 Å². The summed E-state index contributed by atoms with van der Waals surface area (Å²) in [7, 11) is 1.53. The van der Waals surface area contributed by atoms with Gasteiger partial charge in [0, 0.05) is 24.2 Å². The van der Waals surface area contributed by atoms with Gasteiger partial charge in [0.25, 0.3) is 11.7 Å². The lowest BCUT2D eigenvalue weighted by Gasteiger charge is -2.25. The number of aryl methyl sites for hydroxylation is 1. The maximum Gasteiger partial charge on any atom is 0.295 e. The van der Waals surface area contributed by atoms with Crippen LogP contribution in [0.2, 0.25) is 5.02 Å². The maximum absolute atomic E-state index is 13.0. The van der Waals surface area contributed by atoms with Gasteiger partial charge in [-0.25, -0.2) is 0 Å². The van der Waals surface area contributed by atoms with Crippen molar-refractivity contribution in [3.8, 4) is 5.75 Å². The van der Waals surface area contributed by atoms with Crippen molar-refractivity contribution in [3.63, 3.8) is 0 Å². The van der Waals surface area contributed by atoms with E-state index in [9.17, 15) is 14.7 Å². The predicted molar refractivity (Wildman–Crippen MR) is 124 cm³/mol. The molecule has 0 aliphatic carbocycles. The van der Waals surface area contributed by atoms with Crippen LogP contribution in [0.3, 0.4) is 0 Å². The van der Waals surface area contributed by atoms with Gasteiger partial charge in [0.05, 0.1) is 24.8 Å². The normalized spacial score (nSPS) is 17.9. The molecule has 1 atom stereocenters. The van der Waals surface area contributed by atoms with Gasteiger partial charge in [-0.05, 0) is 54.3 Å². The lowest BCUT2D eigenvalue weighted by Crippen LogP contribution is -2.32. The maximum atomic E-state index is 13.0. The van der Waals surface area contributed by atoms with Crippen LogP contribution in [0.25, 0.3) is 5.76 Å². The summed E-state index contributed by atoms with van der Waals surface area (Å²) in [4.78, 5) is 27.3. The zero-order chi connectivity index (χ0) is 23.4. The molecule has 1 heterocycles. The largest absolute Gasteiger partial charge is 0.507 e. The molecule has 1 saturated heterocycles. The number of Topliss-reactive ketones (excluding diaryl/α,β-unsaturated/α-hetero) is 1. The van der Waals surface area contributed by atoms with E-state index >= 15 is 0 Å². The number of carbonyl (C=O) groups is 2. The average molecular weight is 458 g/mol. The number of nitrogens with zero attached hydrogens (tertiary/aromatic N) is 1. The Bertz CT molecular complexity index is 1030. The first-order chi connectivity index (χ1) is 15.2. The number of aliphatic hydroxyl groups excluding tert-OH is 1. The van der Waals surface area contributed by atoms with Crippen molar-refractivity contribution in [1.29, 1.82) is 0 Å². The molecule has 2 aromatic carbocycles. The Balaban J connectivity index is 2.07. The van der Waals surface area contributed by atoms with Crippen LogP contribution in [0, 0.1) is 12.8 Å². The summed E-state index contributed by atoms with van der Waals surface area (Å²) >= 11 is 6.03. The zero-order valence-electron chi connectivity index (χ0n) is 18.7. The van der Waals surface area contributed by atoms with Gasteiger partial charge in [-0.15, -0.1) is 0 Å². The van der Waals surface area contributed by atoms with Crippen LogP contribution in [0.1, 0.15) is 36.6 Å². The average Bonchev–Trinajstić information content (AvgIpc) is 3.01. The Hall–Kier alpha value is -2.83. The third-order valence-electron chi connectivity index (χ3n) is 5.30. The highest BCUT2D eigenvalue weighted by Crippen LogP contribution is 2.40. The first kappa shape index (κ1) is 23.8. The van der Waals surface area contributed by atoms with Crippen molar-refractivity contribution in [2.75, 3.05) is 26.9 Å². The Kier molecular flexibility index (Phi) is 7.59. The van der Waals surface area contributed by atoms with Crippen LogP contribution in [-0.2, 0) is 14.3 Å². The minimum Gasteiger partial charge on any atom is -0.507 e. The summed E-state index contributed by atoms with van der Waals surface area (Å²) in [5.74, 6) is -0.541. The summed E-state index contributed by atoms with van der Waals surface area (Å²) in [5.41, 5.74) is 1.94. The number of rotatable bonds is 8. The number of ketones is 1. The molecule has 1 fully saturated rings. The molecule has 1 N–H and O–H groups in total. The standard InChI is InChI=1S/C25H28ClNO5/c1-15(2)14-32-19-9-10-20(16(3)13-19)23(28)21-22(17-5-7-18(26)8-6-17)27(11-12-31-4)25(30)24(21)29/h5-10,13,15,22,28H,11-12,14H2,1-4H3. The monoisotopic (exact) mass is 457 g/mol. The van der Waals surface area contributed by atoms with Crippen molar-refractivity contribution in [3.05, 3.63) is 69.8 Å². The van der Waals surface area contributed by atoms with Crippen molar-refractivity contribution in [2.24, 2.45) is 5.92 Å². The number of benzene rings is 2. The number of hydrogen-bond acceptors (Lipinski definition) is 5. The van der Waals surface area contributed by atoms with Crippen molar-refractivity contribution >= 4 is 29.1 Å². The molecule has 32 heavy (non-hydrogen) atoms. The van der Waals surface area contributed by atoms with E-state index in [2.05, 4.69) is 13.8 Å². The van der Waals surface area contributed by atoms with Crippen LogP contribution in [0.4, 0.5) is 0 Å². The summed E-state index contributed by atoms with van der Waals surface area (Å²) in [6, 6.07) is 11.4. The summed E-state index contributed by atoms with van der Waals surface area (Å²) < 4.78 is 10.9. The van der Waals surface area contributed by atoms with Gasteiger partial charge in [-0.1, -0.05) is 37.6 Å². The Morgan fingerprint density at radius 2 is 1.84 bits per heavy atom. The Morgan fingerprint density at radius 1 is 1.16 bits per heavy atom. The third-order valence-corrected chi connectivity index (χ3v) is 5.55. The molecular formula is C25H28ClNO5. The molecular weight excluding hydrogens is 430 g/mol. The molecule has 6 nitrogen and oxygen atoms in total. The molecule has 1 aliphatic heterocycles. The fourth-order valence-electron chi connectivity index (χ4n) is 3.69. The van der Waals surface area contributed by atoms with E-state index < -0.39 is 17.7 Å². The number of likely N-dealkylation sites (tertiary alicyclic amines) is 1. The molecule has 0 radical (unpaired) electrons. The first-order valence-electron chi connectivity index (χ1n) is 10.5. The van der Waals surface area contributed by atoms with E-state index in [0.717, 1.165) is 5.56 Å². The smallest absolute Gasteiger partial charge is 0.295 e. The quantitative estimate of drug-likeness (QED) is 0.351.